The van der Waals surface area contributed by atoms with Crippen molar-refractivity contribution < 1.29 is 42.9 Å². The highest BCUT2D eigenvalue weighted by molar-refractivity contribution is 14.2. The summed E-state index contributed by atoms with van der Waals surface area (Å²) in [6, 6.07) is 32.9. The first-order chi connectivity index (χ1) is 22.4. The van der Waals surface area contributed by atoms with Crippen LogP contribution in [-0.4, -0.2) is 55.6 Å². The Morgan fingerprint density at radius 3 is 1.39 bits per heavy atom. The zero-order chi connectivity index (χ0) is 32.6. The third kappa shape index (κ3) is 10.8. The maximum Gasteiger partial charge on any atom is 0.340 e. The largest absolute Gasteiger partial charge is 0.459 e. The number of hydrogen-bond acceptors (Lipinski definition) is 10. The number of hydrogen-bond donors (Lipinski definition) is 0. The first kappa shape index (κ1) is 34.2. The SMILES string of the molecule is O=C(OCC(OC(=O)c1ccccc1)O[C@H](COC(=O)c1ccccc1)[C@H](C#CSI)OC(=O)c1ccccc1)c1ccccc1. The summed E-state index contributed by atoms with van der Waals surface area (Å²) in [6.07, 6.45) is -4.12. The number of rotatable bonds is 13. The quantitative estimate of drug-likeness (QED) is 0.0491. The number of ether oxygens (including phenoxy) is 5. The van der Waals surface area contributed by atoms with Crippen molar-refractivity contribution in [2.24, 2.45) is 0 Å². The summed E-state index contributed by atoms with van der Waals surface area (Å²) in [4.78, 5) is 51.8. The standard InChI is InChI=1S/C35H27IO9S/c36-46-22-21-29(44-34(39)27-17-9-3-10-18-27)30(23-41-32(37)25-13-5-1-6-14-25)43-31(45-35(40)28-19-11-4-12-20-28)24-42-33(38)26-15-7-2-8-16-26/h1-20,29-31H,23-24H2/t29-,30+,31?/m0/s1. The van der Waals surface area contributed by atoms with Crippen molar-refractivity contribution in [2.75, 3.05) is 13.2 Å². The molecule has 46 heavy (non-hydrogen) atoms. The van der Waals surface area contributed by atoms with Gasteiger partial charge in [0.25, 0.3) is 0 Å². The van der Waals surface area contributed by atoms with Crippen LogP contribution in [0.1, 0.15) is 41.4 Å². The van der Waals surface area contributed by atoms with Gasteiger partial charge in [-0.3, -0.25) is 0 Å². The van der Waals surface area contributed by atoms with Crippen LogP contribution in [0, 0.1) is 11.2 Å². The molecule has 0 radical (unpaired) electrons. The zero-order valence-corrected chi connectivity index (χ0v) is 27.1. The Kier molecular flexibility index (Phi) is 13.7. The lowest BCUT2D eigenvalue weighted by Gasteiger charge is -2.28. The lowest BCUT2D eigenvalue weighted by atomic mass is 10.2. The molecule has 0 heterocycles. The van der Waals surface area contributed by atoms with Crippen LogP contribution < -0.4 is 0 Å². The van der Waals surface area contributed by atoms with E-state index in [2.05, 4.69) is 11.2 Å². The van der Waals surface area contributed by atoms with Crippen molar-refractivity contribution in [3.8, 4) is 11.2 Å². The normalized spacial score (nSPS) is 12.3. The van der Waals surface area contributed by atoms with Crippen molar-refractivity contribution in [3.05, 3.63) is 144 Å². The molecule has 0 bridgehead atoms. The highest BCUT2D eigenvalue weighted by Crippen LogP contribution is 2.17. The van der Waals surface area contributed by atoms with E-state index in [1.807, 2.05) is 21.2 Å². The summed E-state index contributed by atoms with van der Waals surface area (Å²) >= 11 is 1.95. The molecule has 4 aromatic carbocycles. The van der Waals surface area contributed by atoms with E-state index >= 15 is 0 Å². The molecule has 0 saturated carbocycles. The molecule has 3 atom stereocenters. The number of halogens is 1. The van der Waals surface area contributed by atoms with E-state index in [1.54, 1.807) is 121 Å². The van der Waals surface area contributed by atoms with Crippen LogP contribution in [0.3, 0.4) is 0 Å². The van der Waals surface area contributed by atoms with Crippen molar-refractivity contribution in [1.29, 1.82) is 0 Å². The maximum absolute atomic E-state index is 13.1. The second-order valence-corrected chi connectivity index (χ2v) is 11.0. The lowest BCUT2D eigenvalue weighted by molar-refractivity contribution is -0.185. The van der Waals surface area contributed by atoms with Crippen molar-refractivity contribution >= 4 is 54.0 Å². The Labute approximate surface area is 282 Å². The number of benzene rings is 4. The Bertz CT molecular complexity index is 1640. The van der Waals surface area contributed by atoms with Gasteiger partial charge in [-0.25, -0.2) is 19.2 Å². The molecule has 234 valence electrons. The van der Waals surface area contributed by atoms with Crippen molar-refractivity contribution in [1.82, 2.24) is 0 Å². The van der Waals surface area contributed by atoms with Gasteiger partial charge in [-0.15, -0.1) is 0 Å². The summed E-state index contributed by atoms with van der Waals surface area (Å²) in [5, 5.41) is 2.78. The Hall–Kier alpha value is -4.64. The molecule has 9 nitrogen and oxygen atoms in total. The maximum atomic E-state index is 13.1. The Morgan fingerprint density at radius 2 is 0.957 bits per heavy atom. The van der Waals surface area contributed by atoms with E-state index in [-0.39, 0.29) is 22.3 Å². The van der Waals surface area contributed by atoms with Crippen LogP contribution in [0.4, 0.5) is 0 Å². The number of carbonyl (C=O) groups excluding carboxylic acids is 4. The average molecular weight is 751 g/mol. The van der Waals surface area contributed by atoms with Crippen LogP contribution in [0.15, 0.2) is 121 Å². The van der Waals surface area contributed by atoms with Gasteiger partial charge in [0.05, 0.1) is 22.3 Å². The summed E-state index contributed by atoms with van der Waals surface area (Å²) in [5.74, 6) is -0.0347. The second kappa shape index (κ2) is 18.4. The highest BCUT2D eigenvalue weighted by Gasteiger charge is 2.32. The molecule has 0 aliphatic heterocycles. The van der Waals surface area contributed by atoms with Gasteiger partial charge in [-0.05, 0) is 68.6 Å². The first-order valence-electron chi connectivity index (χ1n) is 13.8. The van der Waals surface area contributed by atoms with Gasteiger partial charge in [0, 0.05) is 21.2 Å². The van der Waals surface area contributed by atoms with E-state index in [1.165, 1.54) is 0 Å². The number of esters is 4. The van der Waals surface area contributed by atoms with Gasteiger partial charge in [0.2, 0.25) is 6.29 Å². The van der Waals surface area contributed by atoms with Gasteiger partial charge < -0.3 is 23.7 Å². The third-order valence-corrected chi connectivity index (χ3v) is 7.00. The molecule has 0 spiro atoms. The van der Waals surface area contributed by atoms with Gasteiger partial charge in [0.1, 0.15) is 12.7 Å². The molecule has 4 rings (SSSR count). The van der Waals surface area contributed by atoms with Crippen LogP contribution in [0.25, 0.3) is 0 Å². The fourth-order valence-electron chi connectivity index (χ4n) is 3.91. The predicted octanol–water partition coefficient (Wildman–Crippen LogP) is 6.54. The van der Waals surface area contributed by atoms with Gasteiger partial charge in [-0.2, -0.15) is 0 Å². The molecule has 0 amide bonds. The molecule has 11 heteroatoms. The fourth-order valence-corrected chi connectivity index (χ4v) is 4.45. The van der Waals surface area contributed by atoms with Crippen LogP contribution in [0.2, 0.25) is 0 Å². The van der Waals surface area contributed by atoms with E-state index < -0.39 is 55.6 Å². The van der Waals surface area contributed by atoms with Crippen molar-refractivity contribution in [3.63, 3.8) is 0 Å². The lowest BCUT2D eigenvalue weighted by Crippen LogP contribution is -2.42. The summed E-state index contributed by atoms with van der Waals surface area (Å²) in [5.41, 5.74) is 1.01. The smallest absolute Gasteiger partial charge is 0.340 e. The monoisotopic (exact) mass is 750 g/mol. The van der Waals surface area contributed by atoms with E-state index in [0.29, 0.717) is 0 Å². The molecule has 0 aliphatic rings. The molecule has 1 unspecified atom stereocenters. The molecule has 0 N–H and O–H groups in total. The van der Waals surface area contributed by atoms with Gasteiger partial charge >= 0.3 is 23.9 Å². The number of carbonyl (C=O) groups is 4. The third-order valence-electron chi connectivity index (χ3n) is 6.14. The van der Waals surface area contributed by atoms with Crippen LogP contribution in [0.5, 0.6) is 0 Å². The molecule has 4 aromatic rings. The Morgan fingerprint density at radius 1 is 0.565 bits per heavy atom. The van der Waals surface area contributed by atoms with Crippen molar-refractivity contribution in [2.45, 2.75) is 18.5 Å². The first-order valence-corrected chi connectivity index (χ1v) is 17.2. The summed E-state index contributed by atoms with van der Waals surface area (Å²) in [7, 11) is 1.13. The zero-order valence-electron chi connectivity index (χ0n) is 24.2. The molecular formula is C35H27IO9S. The topological polar surface area (TPSA) is 114 Å². The van der Waals surface area contributed by atoms with Gasteiger partial charge in [-0.1, -0.05) is 72.8 Å². The summed E-state index contributed by atoms with van der Waals surface area (Å²) < 4.78 is 28.4. The average Bonchev–Trinajstić information content (AvgIpc) is 3.11. The van der Waals surface area contributed by atoms with Crippen LogP contribution in [-0.2, 0) is 23.7 Å². The van der Waals surface area contributed by atoms with Gasteiger partial charge in [0.15, 0.2) is 12.7 Å². The Balaban J connectivity index is 1.62. The molecule has 0 aromatic heterocycles. The minimum absolute atomic E-state index is 0.214. The van der Waals surface area contributed by atoms with E-state index in [0.717, 1.165) is 8.93 Å². The minimum atomic E-state index is -1.52. The summed E-state index contributed by atoms with van der Waals surface area (Å²) in [6.45, 7) is -1.00. The molecular weight excluding hydrogens is 723 g/mol. The molecule has 0 fully saturated rings. The highest BCUT2D eigenvalue weighted by atomic mass is 127. The molecule has 0 aliphatic carbocycles. The van der Waals surface area contributed by atoms with E-state index in [4.69, 9.17) is 23.7 Å². The predicted molar refractivity (Wildman–Crippen MR) is 179 cm³/mol. The fraction of sp³-hybridized carbons (Fsp3) is 0.143. The second-order valence-electron chi connectivity index (χ2n) is 9.32. The minimum Gasteiger partial charge on any atom is -0.459 e. The molecule has 0 saturated heterocycles. The van der Waals surface area contributed by atoms with Crippen LogP contribution >= 0.6 is 30.1 Å². The van der Waals surface area contributed by atoms with E-state index in [9.17, 15) is 19.2 Å².